The molecule has 3 aliphatic heterocycles. The van der Waals surface area contributed by atoms with Crippen LogP contribution in [0.15, 0.2) is 71.6 Å². The van der Waals surface area contributed by atoms with Crippen LogP contribution in [-0.2, 0) is 27.8 Å². The van der Waals surface area contributed by atoms with Gasteiger partial charge in [-0.1, -0.05) is 53.8 Å². The smallest absolute Gasteiger partial charge is 0.304 e. The Labute approximate surface area is 244 Å². The van der Waals surface area contributed by atoms with Gasteiger partial charge in [0.2, 0.25) is 10.0 Å². The average molecular weight is 585 g/mol. The van der Waals surface area contributed by atoms with Crippen LogP contribution in [0.4, 0.5) is 0 Å². The van der Waals surface area contributed by atoms with E-state index < -0.39 is 21.9 Å². The molecular weight excluding hydrogens is 552 g/mol. The van der Waals surface area contributed by atoms with E-state index in [-0.39, 0.29) is 30.0 Å². The molecule has 4 atom stereocenters. The summed E-state index contributed by atoms with van der Waals surface area (Å²) >= 11 is 0. The molecule has 10 heteroatoms. The molecule has 4 heterocycles. The Morgan fingerprint density at radius 3 is 2.79 bits per heavy atom. The highest BCUT2D eigenvalue weighted by Crippen LogP contribution is 2.44. The maximum atomic E-state index is 14.2. The third kappa shape index (κ3) is 4.49. The summed E-state index contributed by atoms with van der Waals surface area (Å²) in [5, 5.41) is 18.8. The number of fused-ring (bicyclic) bond motifs is 5. The molecule has 0 saturated carbocycles. The number of rotatable bonds is 2. The lowest BCUT2D eigenvalue weighted by Crippen LogP contribution is -2.39. The Morgan fingerprint density at radius 1 is 1.07 bits per heavy atom. The van der Waals surface area contributed by atoms with Crippen LogP contribution in [0.1, 0.15) is 65.5 Å². The van der Waals surface area contributed by atoms with Gasteiger partial charge in [-0.2, -0.15) is 4.31 Å². The van der Waals surface area contributed by atoms with Crippen molar-refractivity contribution in [2.45, 2.75) is 68.5 Å². The zero-order valence-electron chi connectivity index (χ0n) is 23.3. The molecule has 4 unspecified atom stereocenters. The van der Waals surface area contributed by atoms with Gasteiger partial charge in [-0.15, -0.1) is 5.10 Å². The molecule has 42 heavy (non-hydrogen) atoms. The largest absolute Gasteiger partial charge is 0.488 e. The Balaban J connectivity index is 1.41. The van der Waals surface area contributed by atoms with Crippen molar-refractivity contribution in [1.82, 2.24) is 19.3 Å². The zero-order chi connectivity index (χ0) is 29.0. The van der Waals surface area contributed by atoms with Crippen molar-refractivity contribution in [2.24, 2.45) is 0 Å². The van der Waals surface area contributed by atoms with Crippen molar-refractivity contribution in [3.8, 4) is 5.75 Å². The number of nitrogens with zero attached hydrogens (tertiary/aromatic N) is 4. The van der Waals surface area contributed by atoms with Crippen LogP contribution in [0.25, 0.3) is 11.0 Å². The zero-order valence-corrected chi connectivity index (χ0v) is 24.1. The molecule has 0 fully saturated rings. The number of sulfonamides is 1. The number of carboxylic acids is 1. The monoisotopic (exact) mass is 584 g/mol. The van der Waals surface area contributed by atoms with Gasteiger partial charge in [0, 0.05) is 5.92 Å². The summed E-state index contributed by atoms with van der Waals surface area (Å²) < 4.78 is 38.2. The van der Waals surface area contributed by atoms with E-state index in [2.05, 4.69) is 16.4 Å². The van der Waals surface area contributed by atoms with E-state index in [1.807, 2.05) is 48.0 Å². The maximum Gasteiger partial charge on any atom is 0.304 e. The van der Waals surface area contributed by atoms with Crippen LogP contribution in [0.5, 0.6) is 5.75 Å². The number of hydrogen-bond acceptors (Lipinski definition) is 6. The van der Waals surface area contributed by atoms with E-state index in [9.17, 15) is 18.3 Å². The van der Waals surface area contributed by atoms with E-state index in [0.717, 1.165) is 51.7 Å². The predicted molar refractivity (Wildman–Crippen MR) is 157 cm³/mol. The summed E-state index contributed by atoms with van der Waals surface area (Å²) in [6.07, 6.45) is 6.47. The SMILES string of the molecule is Cc1c2ccc3c1nnn3CC=CCCC1CN(C3CCc4ccc(cc43)C2CC(=O)O)S(=O)(=O)c2ccccc2O1. The normalized spacial score (nSPS) is 24.5. The number of benzene rings is 3. The molecule has 1 aliphatic carbocycles. The Morgan fingerprint density at radius 2 is 1.93 bits per heavy atom. The Kier molecular flexibility index (Phi) is 6.62. The highest BCUT2D eigenvalue weighted by molar-refractivity contribution is 7.89. The number of carbonyl (C=O) groups is 1. The number of para-hydroxylation sites is 1. The first kappa shape index (κ1) is 26.9. The van der Waals surface area contributed by atoms with Gasteiger partial charge in [0.1, 0.15) is 22.3 Å². The number of allylic oxidation sites excluding steroid dienone is 2. The third-order valence-electron chi connectivity index (χ3n) is 8.92. The number of hydrogen-bond donors (Lipinski definition) is 1. The first-order valence-corrected chi connectivity index (χ1v) is 15.8. The van der Waals surface area contributed by atoms with E-state index >= 15 is 0 Å². The Bertz CT molecular complexity index is 1850. The third-order valence-corrected chi connectivity index (χ3v) is 10.8. The van der Waals surface area contributed by atoms with Gasteiger partial charge < -0.3 is 9.84 Å². The summed E-state index contributed by atoms with van der Waals surface area (Å²) in [5.74, 6) is -0.950. The lowest BCUT2D eigenvalue weighted by Gasteiger charge is -2.29. The molecule has 4 aromatic rings. The molecule has 0 spiro atoms. The molecule has 0 saturated heterocycles. The topological polar surface area (TPSA) is 115 Å². The van der Waals surface area contributed by atoms with E-state index in [1.165, 1.54) is 0 Å². The van der Waals surface area contributed by atoms with Crippen LogP contribution >= 0.6 is 0 Å². The molecule has 1 N–H and O–H groups in total. The number of aromatic nitrogens is 3. The van der Waals surface area contributed by atoms with Gasteiger partial charge >= 0.3 is 5.97 Å². The van der Waals surface area contributed by atoms with Crippen LogP contribution < -0.4 is 4.74 Å². The van der Waals surface area contributed by atoms with Crippen molar-refractivity contribution in [2.75, 3.05) is 6.54 Å². The molecule has 0 radical (unpaired) electrons. The molecule has 3 aromatic carbocycles. The van der Waals surface area contributed by atoms with Gasteiger partial charge in [0.25, 0.3) is 0 Å². The van der Waals surface area contributed by atoms with Crippen LogP contribution in [0.2, 0.25) is 0 Å². The second-order valence-corrected chi connectivity index (χ2v) is 13.3. The van der Waals surface area contributed by atoms with Crippen molar-refractivity contribution in [1.29, 1.82) is 0 Å². The van der Waals surface area contributed by atoms with Gasteiger partial charge in [0.05, 0.1) is 31.1 Å². The molecule has 4 aliphatic rings. The highest BCUT2D eigenvalue weighted by Gasteiger charge is 2.41. The molecule has 0 amide bonds. The number of ether oxygens (including phenoxy) is 1. The van der Waals surface area contributed by atoms with Crippen LogP contribution in [0.3, 0.4) is 0 Å². The summed E-state index contributed by atoms with van der Waals surface area (Å²) in [4.78, 5) is 12.3. The van der Waals surface area contributed by atoms with Crippen molar-refractivity contribution in [3.05, 3.63) is 94.6 Å². The number of aryl methyl sites for hydroxylation is 2. The maximum absolute atomic E-state index is 14.2. The van der Waals surface area contributed by atoms with Crippen LogP contribution in [-0.4, -0.2) is 51.4 Å². The van der Waals surface area contributed by atoms with Crippen molar-refractivity contribution in [3.63, 3.8) is 0 Å². The lowest BCUT2D eigenvalue weighted by atomic mass is 9.84. The Hall–Kier alpha value is -4.02. The summed E-state index contributed by atoms with van der Waals surface area (Å²) in [7, 11) is -3.86. The average Bonchev–Trinajstić information content (AvgIpc) is 3.56. The summed E-state index contributed by atoms with van der Waals surface area (Å²) in [6, 6.07) is 16.5. The van der Waals surface area contributed by atoms with Crippen molar-refractivity contribution >= 4 is 27.0 Å². The number of carboxylic acid groups (broad SMARTS) is 1. The highest BCUT2D eigenvalue weighted by atomic mass is 32.2. The van der Waals surface area contributed by atoms with E-state index in [4.69, 9.17) is 4.74 Å². The molecule has 9 nitrogen and oxygen atoms in total. The lowest BCUT2D eigenvalue weighted by molar-refractivity contribution is -0.137. The fourth-order valence-corrected chi connectivity index (χ4v) is 8.60. The summed E-state index contributed by atoms with van der Waals surface area (Å²) in [6.45, 7) is 2.74. The standard InChI is InChI=1S/C32H32N4O5S/c1-20-24-13-15-28-32(20)33-34-35(28)16-6-2-3-7-23-19-36(42(39,40)30-9-5-4-8-29(30)41-23)27-14-12-21-10-11-22(17-26(21)27)25(24)18-31(37)38/h2,4-6,8-11,13,15,17,23,25,27H,3,7,12,14,16,18-19H2,1H3,(H,37,38). The van der Waals surface area contributed by atoms with Gasteiger partial charge in [-0.25, -0.2) is 13.1 Å². The van der Waals surface area contributed by atoms with Crippen molar-refractivity contribution < 1.29 is 23.1 Å². The van der Waals surface area contributed by atoms with Gasteiger partial charge in [0.15, 0.2) is 0 Å². The second kappa shape index (κ2) is 10.4. The molecular formula is C32H32N4O5S. The molecule has 1 aromatic heterocycles. The first-order valence-electron chi connectivity index (χ1n) is 14.4. The molecule has 8 bridgehead atoms. The van der Waals surface area contributed by atoms with E-state index in [0.29, 0.717) is 25.1 Å². The minimum atomic E-state index is -3.86. The molecule has 216 valence electrons. The summed E-state index contributed by atoms with van der Waals surface area (Å²) in [5.41, 5.74) is 6.32. The first-order chi connectivity index (χ1) is 20.3. The molecule has 8 rings (SSSR count). The second-order valence-electron chi connectivity index (χ2n) is 11.4. The number of aliphatic carboxylic acids is 1. The van der Waals surface area contributed by atoms with Gasteiger partial charge in [-0.05, 0) is 78.6 Å². The van der Waals surface area contributed by atoms with Crippen LogP contribution in [0, 0.1) is 6.92 Å². The fraction of sp³-hybridized carbons (Fsp3) is 0.344. The van der Waals surface area contributed by atoms with E-state index in [1.54, 1.807) is 28.6 Å². The predicted octanol–water partition coefficient (Wildman–Crippen LogP) is 5.14. The minimum absolute atomic E-state index is 0.0992. The fourth-order valence-electron chi connectivity index (χ4n) is 6.81. The van der Waals surface area contributed by atoms with Gasteiger partial charge in [-0.3, -0.25) is 4.79 Å². The quantitative estimate of drug-likeness (QED) is 0.325. The minimum Gasteiger partial charge on any atom is -0.488 e.